The lowest BCUT2D eigenvalue weighted by Crippen LogP contribution is -2.28. The number of aliphatic hydroxyl groups excluding tert-OH is 3. The first-order valence-corrected chi connectivity index (χ1v) is 8.17. The Morgan fingerprint density at radius 1 is 1.12 bits per heavy atom. The highest BCUT2D eigenvalue weighted by Gasteiger charge is 2.22. The van der Waals surface area contributed by atoms with Crippen LogP contribution in [0.4, 0.5) is 0 Å². The zero-order chi connectivity index (χ0) is 17.4. The largest absolute Gasteiger partial charge is 0.459 e. The van der Waals surface area contributed by atoms with E-state index < -0.39 is 24.3 Å². The summed E-state index contributed by atoms with van der Waals surface area (Å²) in [5.41, 5.74) is 0.971. The molecule has 1 aliphatic rings. The number of carbonyl (C=O) groups is 1. The first-order chi connectivity index (χ1) is 11.5. The summed E-state index contributed by atoms with van der Waals surface area (Å²) in [6.45, 7) is 0. The summed E-state index contributed by atoms with van der Waals surface area (Å²) in [7, 11) is 0. The Bertz CT molecular complexity index is 566. The van der Waals surface area contributed by atoms with Gasteiger partial charge in [-0.1, -0.05) is 48.6 Å². The molecule has 5 heteroatoms. The van der Waals surface area contributed by atoms with Crippen molar-refractivity contribution in [3.8, 4) is 0 Å². The van der Waals surface area contributed by atoms with Gasteiger partial charge in [0.05, 0.1) is 18.3 Å². The molecule has 0 unspecified atom stereocenters. The zero-order valence-corrected chi connectivity index (χ0v) is 13.5. The molecule has 0 saturated carbocycles. The fourth-order valence-electron chi connectivity index (χ4n) is 2.67. The van der Waals surface area contributed by atoms with Crippen molar-refractivity contribution in [1.29, 1.82) is 0 Å². The van der Waals surface area contributed by atoms with Crippen molar-refractivity contribution >= 4 is 12.0 Å². The topological polar surface area (TPSA) is 87.0 Å². The molecular formula is C19H24O5. The van der Waals surface area contributed by atoms with Crippen LogP contribution in [0.3, 0.4) is 0 Å². The maximum Gasteiger partial charge on any atom is 0.330 e. The highest BCUT2D eigenvalue weighted by atomic mass is 16.5. The SMILES string of the molecule is O=C1C=CC[C@@H](C[C@H](O)C[C@@H](O)C[C@@H](O)C=Cc2ccccc2)O1. The Kier molecular flexibility index (Phi) is 7.18. The van der Waals surface area contributed by atoms with Crippen LogP contribution in [0.2, 0.25) is 0 Å². The number of benzene rings is 1. The molecule has 1 aliphatic heterocycles. The van der Waals surface area contributed by atoms with Crippen LogP contribution in [-0.4, -0.2) is 45.7 Å². The molecule has 5 nitrogen and oxygen atoms in total. The molecule has 0 aromatic heterocycles. The van der Waals surface area contributed by atoms with Gasteiger partial charge in [0, 0.05) is 25.3 Å². The molecule has 0 radical (unpaired) electrons. The predicted octanol–water partition coefficient (Wildman–Crippen LogP) is 1.82. The van der Waals surface area contributed by atoms with E-state index in [0.29, 0.717) is 6.42 Å². The van der Waals surface area contributed by atoms with E-state index in [1.807, 2.05) is 30.3 Å². The fraction of sp³-hybridized carbons (Fsp3) is 0.421. The Morgan fingerprint density at radius 2 is 1.88 bits per heavy atom. The minimum Gasteiger partial charge on any atom is -0.459 e. The standard InChI is InChI=1S/C19H24O5/c20-15(10-9-14-5-2-1-3-6-14)11-16(21)12-17(22)13-18-7-4-8-19(23)24-18/h1-6,8-10,15-18,20-22H,7,11-13H2/t15-,16-,17+,18-/m0/s1. The van der Waals surface area contributed by atoms with Gasteiger partial charge in [0.25, 0.3) is 0 Å². The quantitative estimate of drug-likeness (QED) is 0.632. The molecule has 24 heavy (non-hydrogen) atoms. The Morgan fingerprint density at radius 3 is 2.58 bits per heavy atom. The number of ether oxygens (including phenoxy) is 1. The number of cyclic esters (lactones) is 1. The van der Waals surface area contributed by atoms with Crippen LogP contribution in [-0.2, 0) is 9.53 Å². The number of rotatable bonds is 8. The molecule has 4 atom stereocenters. The van der Waals surface area contributed by atoms with E-state index in [-0.39, 0.29) is 25.4 Å². The predicted molar refractivity (Wildman–Crippen MR) is 91.0 cm³/mol. The summed E-state index contributed by atoms with van der Waals surface area (Å²) >= 11 is 0. The summed E-state index contributed by atoms with van der Waals surface area (Å²) < 4.78 is 5.08. The van der Waals surface area contributed by atoms with Crippen molar-refractivity contribution in [1.82, 2.24) is 0 Å². The minimum absolute atomic E-state index is 0.133. The lowest BCUT2D eigenvalue weighted by Gasteiger charge is -2.23. The Labute approximate surface area is 141 Å². The molecule has 1 aromatic carbocycles. The minimum atomic E-state index is -0.828. The molecule has 1 heterocycles. The summed E-state index contributed by atoms with van der Waals surface area (Å²) in [5, 5.41) is 29.9. The highest BCUT2D eigenvalue weighted by Crippen LogP contribution is 2.17. The molecule has 0 bridgehead atoms. The molecule has 0 spiro atoms. The van der Waals surface area contributed by atoms with E-state index in [1.54, 1.807) is 18.2 Å². The van der Waals surface area contributed by atoms with Gasteiger partial charge >= 0.3 is 5.97 Å². The monoisotopic (exact) mass is 332 g/mol. The number of hydrogen-bond donors (Lipinski definition) is 3. The van der Waals surface area contributed by atoms with Gasteiger partial charge in [-0.05, 0) is 12.0 Å². The van der Waals surface area contributed by atoms with Crippen molar-refractivity contribution in [2.45, 2.75) is 50.1 Å². The van der Waals surface area contributed by atoms with Crippen LogP contribution >= 0.6 is 0 Å². The number of esters is 1. The Balaban J connectivity index is 1.71. The third kappa shape index (κ3) is 6.66. The fourth-order valence-corrected chi connectivity index (χ4v) is 2.67. The third-order valence-electron chi connectivity index (χ3n) is 3.84. The normalized spacial score (nSPS) is 21.5. The molecule has 1 aromatic rings. The lowest BCUT2D eigenvalue weighted by atomic mass is 9.99. The van der Waals surface area contributed by atoms with Gasteiger partial charge < -0.3 is 20.1 Å². The average molecular weight is 332 g/mol. The summed E-state index contributed by atoms with van der Waals surface area (Å²) in [5.74, 6) is -0.402. The van der Waals surface area contributed by atoms with Crippen LogP contribution in [0.15, 0.2) is 48.6 Å². The van der Waals surface area contributed by atoms with Crippen LogP contribution in [0.1, 0.15) is 31.2 Å². The molecule has 0 fully saturated rings. The first-order valence-electron chi connectivity index (χ1n) is 8.17. The van der Waals surface area contributed by atoms with Crippen LogP contribution < -0.4 is 0 Å². The van der Waals surface area contributed by atoms with Gasteiger partial charge in [-0.25, -0.2) is 4.79 Å². The molecule has 2 rings (SSSR count). The average Bonchev–Trinajstić information content (AvgIpc) is 2.53. The maximum atomic E-state index is 11.1. The second-order valence-electron chi connectivity index (χ2n) is 6.05. The van der Waals surface area contributed by atoms with E-state index in [2.05, 4.69) is 0 Å². The third-order valence-corrected chi connectivity index (χ3v) is 3.84. The molecule has 0 saturated heterocycles. The van der Waals surface area contributed by atoms with Gasteiger partial charge in [-0.15, -0.1) is 0 Å². The molecule has 130 valence electrons. The van der Waals surface area contributed by atoms with Crippen LogP contribution in [0, 0.1) is 0 Å². The van der Waals surface area contributed by atoms with Crippen molar-refractivity contribution in [3.05, 3.63) is 54.1 Å². The number of aliphatic hydroxyl groups is 3. The van der Waals surface area contributed by atoms with Crippen molar-refractivity contribution in [2.24, 2.45) is 0 Å². The Hall–Kier alpha value is -1.95. The highest BCUT2D eigenvalue weighted by molar-refractivity contribution is 5.82. The summed E-state index contributed by atoms with van der Waals surface area (Å²) in [6.07, 6.45) is 4.88. The maximum absolute atomic E-state index is 11.1. The first kappa shape index (κ1) is 18.4. The van der Waals surface area contributed by atoms with Crippen LogP contribution in [0.25, 0.3) is 6.08 Å². The second-order valence-corrected chi connectivity index (χ2v) is 6.05. The van der Waals surface area contributed by atoms with Gasteiger partial charge in [0.15, 0.2) is 0 Å². The van der Waals surface area contributed by atoms with Gasteiger partial charge in [-0.2, -0.15) is 0 Å². The van der Waals surface area contributed by atoms with Crippen molar-refractivity contribution in [3.63, 3.8) is 0 Å². The zero-order valence-electron chi connectivity index (χ0n) is 13.5. The van der Waals surface area contributed by atoms with Crippen molar-refractivity contribution in [2.75, 3.05) is 0 Å². The smallest absolute Gasteiger partial charge is 0.330 e. The molecule has 3 N–H and O–H groups in total. The van der Waals surface area contributed by atoms with Gasteiger partial charge in [0.2, 0.25) is 0 Å². The van der Waals surface area contributed by atoms with E-state index >= 15 is 0 Å². The lowest BCUT2D eigenvalue weighted by molar-refractivity contribution is -0.145. The second kappa shape index (κ2) is 9.37. The van der Waals surface area contributed by atoms with E-state index in [0.717, 1.165) is 5.56 Å². The number of hydrogen-bond acceptors (Lipinski definition) is 5. The van der Waals surface area contributed by atoms with E-state index in [4.69, 9.17) is 4.74 Å². The molecule has 0 aliphatic carbocycles. The molecular weight excluding hydrogens is 308 g/mol. The van der Waals surface area contributed by atoms with Gasteiger partial charge in [-0.3, -0.25) is 0 Å². The number of carbonyl (C=O) groups excluding carboxylic acids is 1. The van der Waals surface area contributed by atoms with Gasteiger partial charge in [0.1, 0.15) is 6.10 Å². The molecule has 0 amide bonds. The van der Waals surface area contributed by atoms with Crippen molar-refractivity contribution < 1.29 is 24.9 Å². The van der Waals surface area contributed by atoms with E-state index in [1.165, 1.54) is 6.08 Å². The summed E-state index contributed by atoms with van der Waals surface area (Å²) in [4.78, 5) is 11.1. The van der Waals surface area contributed by atoms with E-state index in [9.17, 15) is 20.1 Å². The summed E-state index contributed by atoms with van der Waals surface area (Å²) in [6, 6.07) is 9.57. The van der Waals surface area contributed by atoms with Crippen LogP contribution in [0.5, 0.6) is 0 Å².